The van der Waals surface area contributed by atoms with Gasteiger partial charge >= 0.3 is 0 Å². The van der Waals surface area contributed by atoms with Crippen LogP contribution in [0.3, 0.4) is 0 Å². The fraction of sp³-hybridized carbons (Fsp3) is 0.211. The fourth-order valence-corrected chi connectivity index (χ4v) is 2.46. The van der Waals surface area contributed by atoms with Gasteiger partial charge in [0.2, 0.25) is 0 Å². The number of rotatable bonds is 3. The molecule has 0 unspecified atom stereocenters. The van der Waals surface area contributed by atoms with Crippen LogP contribution in [-0.4, -0.2) is 5.71 Å². The molecule has 0 bridgehead atoms. The van der Waals surface area contributed by atoms with Crippen LogP contribution in [0.1, 0.15) is 31.4 Å². The Kier molecular flexibility index (Phi) is 3.61. The fourth-order valence-electron chi connectivity index (χ4n) is 2.46. The highest BCUT2D eigenvalue weighted by atomic mass is 16.3. The summed E-state index contributed by atoms with van der Waals surface area (Å²) in [7, 11) is 0. The van der Waals surface area contributed by atoms with Crippen molar-refractivity contribution in [3.8, 4) is 0 Å². The maximum atomic E-state index is 5.89. The lowest BCUT2D eigenvalue weighted by Crippen LogP contribution is -1.92. The monoisotopic (exact) mass is 277 g/mol. The summed E-state index contributed by atoms with van der Waals surface area (Å²) in [6, 6.07) is 12.6. The van der Waals surface area contributed by atoms with Gasteiger partial charge in [-0.2, -0.15) is 0 Å². The van der Waals surface area contributed by atoms with Crippen molar-refractivity contribution >= 4 is 27.7 Å². The summed E-state index contributed by atoms with van der Waals surface area (Å²) < 4.78 is 5.89. The van der Waals surface area contributed by atoms with Crippen molar-refractivity contribution in [1.29, 1.82) is 0 Å². The van der Waals surface area contributed by atoms with E-state index >= 15 is 0 Å². The van der Waals surface area contributed by atoms with Gasteiger partial charge in [-0.1, -0.05) is 24.6 Å². The number of allylic oxidation sites excluding steroid dienone is 1. The largest absolute Gasteiger partial charge is 0.456 e. The van der Waals surface area contributed by atoms with E-state index in [4.69, 9.17) is 4.42 Å². The topological polar surface area (TPSA) is 25.5 Å². The van der Waals surface area contributed by atoms with Gasteiger partial charge in [0, 0.05) is 22.7 Å². The summed E-state index contributed by atoms with van der Waals surface area (Å²) in [5, 5.41) is 2.32. The normalized spacial score (nSPS) is 12.8. The predicted octanol–water partition coefficient (Wildman–Crippen LogP) is 5.63. The number of benzene rings is 2. The van der Waals surface area contributed by atoms with Gasteiger partial charge in [-0.25, -0.2) is 0 Å². The zero-order chi connectivity index (χ0) is 14.8. The number of hydrogen-bond acceptors (Lipinski definition) is 2. The molecule has 2 nitrogen and oxygen atoms in total. The summed E-state index contributed by atoms with van der Waals surface area (Å²) in [6.07, 6.45) is 4.93. The minimum absolute atomic E-state index is 0.927. The number of fused-ring (bicyclic) bond motifs is 3. The average Bonchev–Trinajstić information content (AvgIpc) is 2.84. The van der Waals surface area contributed by atoms with Crippen LogP contribution in [0.15, 0.2) is 58.1 Å². The summed E-state index contributed by atoms with van der Waals surface area (Å²) in [5.74, 6) is 0. The molecule has 1 heterocycles. The first kappa shape index (κ1) is 13.6. The lowest BCUT2D eigenvalue weighted by atomic mass is 10.1. The summed E-state index contributed by atoms with van der Waals surface area (Å²) >= 11 is 0. The van der Waals surface area contributed by atoms with E-state index in [-0.39, 0.29) is 0 Å². The van der Waals surface area contributed by atoms with Gasteiger partial charge in [-0.15, -0.1) is 0 Å². The third-order valence-corrected chi connectivity index (χ3v) is 3.65. The maximum Gasteiger partial charge on any atom is 0.135 e. The van der Waals surface area contributed by atoms with Crippen molar-refractivity contribution in [3.63, 3.8) is 0 Å². The second-order valence-corrected chi connectivity index (χ2v) is 5.32. The van der Waals surface area contributed by atoms with Gasteiger partial charge in [0.05, 0.1) is 0 Å². The first-order valence-corrected chi connectivity index (χ1v) is 7.31. The molecule has 21 heavy (non-hydrogen) atoms. The smallest absolute Gasteiger partial charge is 0.135 e. The van der Waals surface area contributed by atoms with Crippen LogP contribution in [0.4, 0.5) is 0 Å². The molecule has 0 saturated heterocycles. The second kappa shape index (κ2) is 5.57. The van der Waals surface area contributed by atoms with Gasteiger partial charge < -0.3 is 4.42 Å². The highest BCUT2D eigenvalue weighted by Gasteiger charge is 2.08. The zero-order valence-electron chi connectivity index (χ0n) is 12.7. The highest BCUT2D eigenvalue weighted by Crippen LogP contribution is 2.30. The van der Waals surface area contributed by atoms with Crippen molar-refractivity contribution in [2.75, 3.05) is 0 Å². The van der Waals surface area contributed by atoms with Crippen LogP contribution < -0.4 is 0 Å². The van der Waals surface area contributed by atoms with E-state index in [2.05, 4.69) is 49.2 Å². The molecule has 0 spiro atoms. The van der Waals surface area contributed by atoms with Crippen LogP contribution in [0.2, 0.25) is 0 Å². The molecule has 0 N–H and O–H groups in total. The number of aliphatic imine (C=N–C) groups is 1. The second-order valence-electron chi connectivity index (χ2n) is 5.32. The molecule has 0 saturated carbocycles. The molecule has 0 aliphatic heterocycles. The molecule has 0 fully saturated rings. The van der Waals surface area contributed by atoms with E-state index in [0.717, 1.165) is 34.2 Å². The Morgan fingerprint density at radius 3 is 2.57 bits per heavy atom. The minimum Gasteiger partial charge on any atom is -0.456 e. The van der Waals surface area contributed by atoms with Gasteiger partial charge in [-0.05, 0) is 56.2 Å². The van der Waals surface area contributed by atoms with E-state index in [1.54, 1.807) is 0 Å². The van der Waals surface area contributed by atoms with E-state index in [9.17, 15) is 0 Å². The number of nitrogens with zero attached hydrogens (tertiary/aromatic N) is 1. The van der Waals surface area contributed by atoms with Crippen molar-refractivity contribution in [3.05, 3.63) is 59.8 Å². The minimum atomic E-state index is 0.927. The van der Waals surface area contributed by atoms with Crippen LogP contribution in [0.5, 0.6) is 0 Å². The molecule has 3 rings (SSSR count). The van der Waals surface area contributed by atoms with Crippen molar-refractivity contribution < 1.29 is 4.42 Å². The van der Waals surface area contributed by atoms with Gasteiger partial charge in [0.15, 0.2) is 0 Å². The molecule has 0 aliphatic rings. The Morgan fingerprint density at radius 2 is 1.81 bits per heavy atom. The molecule has 2 heteroatoms. The van der Waals surface area contributed by atoms with Crippen molar-refractivity contribution in [1.82, 2.24) is 0 Å². The molecule has 0 amide bonds. The lowest BCUT2D eigenvalue weighted by Gasteiger charge is -1.99. The van der Waals surface area contributed by atoms with E-state index < -0.39 is 0 Å². The molecular formula is C19H19NO. The third kappa shape index (κ3) is 2.62. The van der Waals surface area contributed by atoms with E-state index in [0.29, 0.717) is 0 Å². The number of hydrogen-bond donors (Lipinski definition) is 0. The molecular weight excluding hydrogens is 258 g/mol. The van der Waals surface area contributed by atoms with Crippen LogP contribution >= 0.6 is 0 Å². The van der Waals surface area contributed by atoms with Crippen LogP contribution in [0, 0.1) is 6.92 Å². The Morgan fingerprint density at radius 1 is 1.10 bits per heavy atom. The van der Waals surface area contributed by atoms with Gasteiger partial charge in [-0.3, -0.25) is 4.99 Å². The molecule has 0 radical (unpaired) electrons. The Hall–Kier alpha value is -2.35. The average molecular weight is 277 g/mol. The first-order valence-electron chi connectivity index (χ1n) is 7.31. The van der Waals surface area contributed by atoms with E-state index in [1.807, 2.05) is 25.3 Å². The summed E-state index contributed by atoms with van der Waals surface area (Å²) in [6.45, 7) is 6.24. The molecule has 106 valence electrons. The molecule has 1 aromatic heterocycles. The summed E-state index contributed by atoms with van der Waals surface area (Å²) in [5.41, 5.74) is 5.26. The molecule has 3 aromatic rings. The zero-order valence-corrected chi connectivity index (χ0v) is 12.7. The lowest BCUT2D eigenvalue weighted by molar-refractivity contribution is 0.669. The Bertz CT molecular complexity index is 853. The molecule has 0 aliphatic carbocycles. The van der Waals surface area contributed by atoms with Crippen LogP contribution in [0.25, 0.3) is 21.9 Å². The molecule has 2 aromatic carbocycles. The standard InChI is InChI=1S/C19H19NO/c1-4-5-10-20-14(3)15-7-9-19-17(12-15)16-11-13(2)6-8-18(16)21-19/h5-12H,4H2,1-3H3/b10-5-,20-14+. The number of furan rings is 1. The maximum absolute atomic E-state index is 5.89. The van der Waals surface area contributed by atoms with Crippen molar-refractivity contribution in [2.24, 2.45) is 4.99 Å². The third-order valence-electron chi connectivity index (χ3n) is 3.65. The Balaban J connectivity index is 2.14. The number of aryl methyl sites for hydroxylation is 1. The van der Waals surface area contributed by atoms with Gasteiger partial charge in [0.25, 0.3) is 0 Å². The van der Waals surface area contributed by atoms with E-state index in [1.165, 1.54) is 10.9 Å². The summed E-state index contributed by atoms with van der Waals surface area (Å²) in [4.78, 5) is 4.48. The van der Waals surface area contributed by atoms with Gasteiger partial charge in [0.1, 0.15) is 11.2 Å². The van der Waals surface area contributed by atoms with Crippen molar-refractivity contribution in [2.45, 2.75) is 27.2 Å². The van der Waals surface area contributed by atoms with Crippen LogP contribution in [-0.2, 0) is 0 Å². The predicted molar refractivity (Wildman–Crippen MR) is 90.1 cm³/mol. The quantitative estimate of drug-likeness (QED) is 0.570. The highest BCUT2D eigenvalue weighted by molar-refractivity contribution is 6.09. The Labute approximate surface area is 124 Å². The molecule has 0 atom stereocenters. The first-order chi connectivity index (χ1) is 10.2. The SMILES string of the molecule is CC/C=C\N=C(/C)c1ccc2oc3ccc(C)cc3c2c1.